The highest BCUT2D eigenvalue weighted by Gasteiger charge is 2.14. The standard InChI is InChI=1S/C30H66N10O6/c31-7-10-34-28(44)4-19-38(22-25-41)16-1-13-37(14-2-17-39(23-26-42)20-5-29(45)35-11-8-32)15-3-18-40(24-27-43)21-6-30(46)36-12-9-33/h41-43H,1-27,31-33H2,(H,34,44)(H,35,45)(H,36,46). The van der Waals surface area contributed by atoms with E-state index in [0.717, 1.165) is 58.5 Å². The van der Waals surface area contributed by atoms with Crippen molar-refractivity contribution >= 4 is 17.7 Å². The number of nitrogens with one attached hydrogen (secondary N) is 3. The summed E-state index contributed by atoms with van der Waals surface area (Å²) in [5.41, 5.74) is 16.4. The minimum Gasteiger partial charge on any atom is -0.395 e. The molecule has 0 aromatic heterocycles. The zero-order valence-electron chi connectivity index (χ0n) is 28.2. The zero-order valence-corrected chi connectivity index (χ0v) is 28.2. The van der Waals surface area contributed by atoms with Gasteiger partial charge in [0.1, 0.15) is 0 Å². The summed E-state index contributed by atoms with van der Waals surface area (Å²) in [5.74, 6) is -0.157. The molecular formula is C30H66N10O6. The van der Waals surface area contributed by atoms with Crippen LogP contribution >= 0.6 is 0 Å². The van der Waals surface area contributed by atoms with E-state index in [1.54, 1.807) is 0 Å². The van der Waals surface area contributed by atoms with Crippen LogP contribution in [0.1, 0.15) is 38.5 Å². The van der Waals surface area contributed by atoms with Gasteiger partial charge in [0, 0.05) is 97.8 Å². The fraction of sp³-hybridized carbons (Fsp3) is 0.900. The van der Waals surface area contributed by atoms with E-state index in [1.165, 1.54) is 0 Å². The second-order valence-electron chi connectivity index (χ2n) is 11.3. The Bertz CT molecular complexity index is 660. The molecule has 12 N–H and O–H groups in total. The zero-order chi connectivity index (χ0) is 34.3. The first kappa shape index (κ1) is 44.0. The van der Waals surface area contributed by atoms with E-state index in [0.29, 0.717) is 97.8 Å². The third-order valence-corrected chi connectivity index (χ3v) is 7.46. The first-order valence-corrected chi connectivity index (χ1v) is 17.0. The second kappa shape index (κ2) is 31.6. The molecule has 0 unspecified atom stereocenters. The molecular weight excluding hydrogens is 596 g/mol. The number of amides is 3. The number of nitrogens with two attached hydrogens (primary N) is 3. The molecule has 0 aliphatic heterocycles. The molecule has 0 radical (unpaired) electrons. The lowest BCUT2D eigenvalue weighted by atomic mass is 10.2. The molecule has 0 aromatic carbocycles. The van der Waals surface area contributed by atoms with E-state index in [9.17, 15) is 29.7 Å². The van der Waals surface area contributed by atoms with Crippen LogP contribution < -0.4 is 33.2 Å². The quantitative estimate of drug-likeness (QED) is 0.0324. The second-order valence-corrected chi connectivity index (χ2v) is 11.3. The minimum absolute atomic E-state index is 0.0179. The molecule has 0 heterocycles. The van der Waals surface area contributed by atoms with Crippen molar-refractivity contribution in [2.45, 2.75) is 38.5 Å². The molecule has 0 aromatic rings. The highest BCUT2D eigenvalue weighted by Crippen LogP contribution is 2.04. The Kier molecular flexibility index (Phi) is 30.2. The topological polar surface area (TPSA) is 239 Å². The molecule has 0 atom stereocenters. The monoisotopic (exact) mass is 663 g/mol. The summed E-state index contributed by atoms with van der Waals surface area (Å²) in [6.45, 7) is 10.4. The third kappa shape index (κ3) is 26.1. The summed E-state index contributed by atoms with van der Waals surface area (Å²) in [6, 6.07) is 0. The van der Waals surface area contributed by atoms with Gasteiger partial charge in [-0.3, -0.25) is 14.4 Å². The van der Waals surface area contributed by atoms with Crippen molar-refractivity contribution in [3.05, 3.63) is 0 Å². The molecule has 0 spiro atoms. The maximum absolute atomic E-state index is 12.0. The van der Waals surface area contributed by atoms with Crippen LogP contribution in [0, 0.1) is 0 Å². The fourth-order valence-corrected chi connectivity index (χ4v) is 5.00. The Morgan fingerprint density at radius 2 is 0.652 bits per heavy atom. The molecule has 0 saturated carbocycles. The van der Waals surface area contributed by atoms with Crippen LogP contribution in [0.2, 0.25) is 0 Å². The Labute approximate surface area is 276 Å². The van der Waals surface area contributed by atoms with E-state index in [1.807, 2.05) is 0 Å². The number of carbonyl (C=O) groups excluding carboxylic acids is 3. The van der Waals surface area contributed by atoms with Gasteiger partial charge in [-0.1, -0.05) is 0 Å². The van der Waals surface area contributed by atoms with Gasteiger partial charge in [0.15, 0.2) is 0 Å². The number of aliphatic hydroxyl groups excluding tert-OH is 3. The Morgan fingerprint density at radius 1 is 0.413 bits per heavy atom. The molecule has 16 nitrogen and oxygen atoms in total. The summed E-state index contributed by atoms with van der Waals surface area (Å²) in [6.07, 6.45) is 3.61. The van der Waals surface area contributed by atoms with Crippen LogP contribution in [0.4, 0.5) is 0 Å². The molecule has 272 valence electrons. The fourth-order valence-electron chi connectivity index (χ4n) is 5.00. The maximum Gasteiger partial charge on any atom is 0.221 e. The average Bonchev–Trinajstić information content (AvgIpc) is 3.05. The highest BCUT2D eigenvalue weighted by molar-refractivity contribution is 5.76. The number of hydrogen-bond acceptors (Lipinski definition) is 13. The van der Waals surface area contributed by atoms with Crippen LogP contribution in [0.15, 0.2) is 0 Å². The van der Waals surface area contributed by atoms with Crippen LogP contribution in [0.5, 0.6) is 0 Å². The maximum atomic E-state index is 12.0. The van der Waals surface area contributed by atoms with Gasteiger partial charge in [0.05, 0.1) is 19.8 Å². The van der Waals surface area contributed by atoms with Gasteiger partial charge in [-0.05, 0) is 58.5 Å². The first-order valence-electron chi connectivity index (χ1n) is 17.0. The van der Waals surface area contributed by atoms with Gasteiger partial charge in [0.2, 0.25) is 17.7 Å². The Balaban J connectivity index is 5.10. The van der Waals surface area contributed by atoms with Gasteiger partial charge in [0.25, 0.3) is 0 Å². The predicted molar refractivity (Wildman–Crippen MR) is 181 cm³/mol. The lowest BCUT2D eigenvalue weighted by Gasteiger charge is -2.28. The van der Waals surface area contributed by atoms with Crippen molar-refractivity contribution in [3.63, 3.8) is 0 Å². The lowest BCUT2D eigenvalue weighted by Crippen LogP contribution is -2.38. The van der Waals surface area contributed by atoms with Crippen molar-refractivity contribution in [2.24, 2.45) is 17.2 Å². The molecule has 0 fully saturated rings. The summed E-state index contributed by atoms with van der Waals surface area (Å²) < 4.78 is 0. The van der Waals surface area contributed by atoms with E-state index < -0.39 is 0 Å². The molecule has 46 heavy (non-hydrogen) atoms. The van der Waals surface area contributed by atoms with Gasteiger partial charge in [-0.25, -0.2) is 0 Å². The highest BCUT2D eigenvalue weighted by atomic mass is 16.3. The van der Waals surface area contributed by atoms with Gasteiger partial charge < -0.3 is 68.1 Å². The van der Waals surface area contributed by atoms with Gasteiger partial charge >= 0.3 is 0 Å². The average molecular weight is 663 g/mol. The van der Waals surface area contributed by atoms with Crippen LogP contribution in [0.3, 0.4) is 0 Å². The minimum atomic E-state index is -0.0522. The molecule has 16 heteroatoms. The van der Waals surface area contributed by atoms with E-state index >= 15 is 0 Å². The molecule has 0 aliphatic carbocycles. The summed E-state index contributed by atoms with van der Waals surface area (Å²) in [7, 11) is 0. The number of hydrogen-bond donors (Lipinski definition) is 9. The van der Waals surface area contributed by atoms with Crippen molar-refractivity contribution in [1.29, 1.82) is 0 Å². The summed E-state index contributed by atoms with van der Waals surface area (Å²) >= 11 is 0. The van der Waals surface area contributed by atoms with Crippen molar-refractivity contribution in [3.8, 4) is 0 Å². The van der Waals surface area contributed by atoms with E-state index in [2.05, 4.69) is 35.6 Å². The predicted octanol–water partition coefficient (Wildman–Crippen LogP) is -4.26. The van der Waals surface area contributed by atoms with Crippen LogP contribution in [-0.2, 0) is 14.4 Å². The van der Waals surface area contributed by atoms with Gasteiger partial charge in [-0.2, -0.15) is 0 Å². The smallest absolute Gasteiger partial charge is 0.221 e. The lowest BCUT2D eigenvalue weighted by molar-refractivity contribution is -0.122. The van der Waals surface area contributed by atoms with Crippen molar-refractivity contribution < 1.29 is 29.7 Å². The molecule has 0 saturated heterocycles. The largest absolute Gasteiger partial charge is 0.395 e. The number of nitrogens with zero attached hydrogens (tertiary/aromatic N) is 4. The van der Waals surface area contributed by atoms with E-state index in [4.69, 9.17) is 17.2 Å². The van der Waals surface area contributed by atoms with Crippen LogP contribution in [-0.4, -0.2) is 190 Å². The number of aliphatic hydroxyl groups is 3. The number of rotatable bonds is 33. The normalized spacial score (nSPS) is 11.6. The van der Waals surface area contributed by atoms with Crippen molar-refractivity contribution in [2.75, 3.05) is 138 Å². The molecule has 3 amide bonds. The summed E-state index contributed by atoms with van der Waals surface area (Å²) in [5, 5.41) is 37.0. The Hall–Kier alpha value is -1.99. The van der Waals surface area contributed by atoms with Gasteiger partial charge in [-0.15, -0.1) is 0 Å². The number of carbonyl (C=O) groups is 3. The first-order chi connectivity index (χ1) is 22.3. The molecule has 0 rings (SSSR count). The molecule has 0 aliphatic rings. The summed E-state index contributed by atoms with van der Waals surface area (Å²) in [4.78, 5) is 44.8. The SMILES string of the molecule is NCCNC(=O)CCN(CCO)CCCN(CCCN(CCO)CCC(=O)NCCN)CCCN(CCO)CCC(=O)NCCN. The van der Waals surface area contributed by atoms with Crippen LogP contribution in [0.25, 0.3) is 0 Å². The van der Waals surface area contributed by atoms with E-state index in [-0.39, 0.29) is 37.5 Å². The Morgan fingerprint density at radius 3 is 0.870 bits per heavy atom. The molecule has 0 bridgehead atoms. The van der Waals surface area contributed by atoms with Crippen molar-refractivity contribution in [1.82, 2.24) is 35.6 Å². The third-order valence-electron chi connectivity index (χ3n) is 7.46.